The minimum atomic E-state index is -0.633. The molecule has 2 amide bonds. The van der Waals surface area contributed by atoms with E-state index in [2.05, 4.69) is 0 Å². The van der Waals surface area contributed by atoms with Gasteiger partial charge in [-0.1, -0.05) is 30.3 Å². The first kappa shape index (κ1) is 21.1. The van der Waals surface area contributed by atoms with Gasteiger partial charge in [0.1, 0.15) is 17.3 Å². The molecule has 2 heterocycles. The van der Waals surface area contributed by atoms with E-state index in [1.54, 1.807) is 23.2 Å². The number of hydrogen-bond donors (Lipinski definition) is 0. The molecule has 0 radical (unpaired) electrons. The van der Waals surface area contributed by atoms with Gasteiger partial charge in [-0.05, 0) is 39.0 Å². The third-order valence-corrected chi connectivity index (χ3v) is 6.29. The van der Waals surface area contributed by atoms with E-state index in [0.717, 1.165) is 21.8 Å². The maximum Gasteiger partial charge on any atom is 0.268 e. The summed E-state index contributed by atoms with van der Waals surface area (Å²) in [5.41, 5.74) is 3.38. The predicted octanol–water partition coefficient (Wildman–Crippen LogP) is 4.46. The van der Waals surface area contributed by atoms with Crippen LogP contribution in [0.25, 0.3) is 21.8 Å². The minimum absolute atomic E-state index is 0.00298. The lowest BCUT2D eigenvalue weighted by Crippen LogP contribution is -2.49. The van der Waals surface area contributed by atoms with Crippen LogP contribution in [0.3, 0.4) is 0 Å². The molecule has 1 aliphatic heterocycles. The van der Waals surface area contributed by atoms with Gasteiger partial charge in [0.05, 0.1) is 11.4 Å². The molecule has 31 heavy (non-hydrogen) atoms. The van der Waals surface area contributed by atoms with Crippen molar-refractivity contribution in [3.05, 3.63) is 53.9 Å². The molecule has 160 valence electrons. The number of nitrogens with zero attached hydrogens (tertiary/aromatic N) is 3. The van der Waals surface area contributed by atoms with Crippen molar-refractivity contribution in [3.63, 3.8) is 0 Å². The predicted molar refractivity (Wildman–Crippen MR) is 123 cm³/mol. The molecule has 1 aliphatic rings. The number of thiazole rings is 1. The van der Waals surface area contributed by atoms with Crippen molar-refractivity contribution < 1.29 is 14.3 Å². The van der Waals surface area contributed by atoms with Crippen molar-refractivity contribution in [2.45, 2.75) is 26.9 Å². The van der Waals surface area contributed by atoms with Crippen LogP contribution in [-0.4, -0.2) is 47.4 Å². The van der Waals surface area contributed by atoms with Gasteiger partial charge < -0.3 is 9.64 Å². The molecule has 0 N–H and O–H groups in total. The van der Waals surface area contributed by atoms with Gasteiger partial charge in [-0.2, -0.15) is 0 Å². The normalized spacial score (nSPS) is 15.4. The van der Waals surface area contributed by atoms with Crippen molar-refractivity contribution in [1.29, 1.82) is 0 Å². The molecule has 1 aromatic heterocycles. The average molecular weight is 436 g/mol. The fourth-order valence-corrected chi connectivity index (χ4v) is 4.50. The van der Waals surface area contributed by atoms with Crippen LogP contribution in [0.4, 0.5) is 5.69 Å². The number of hydrogen-bond acceptors (Lipinski definition) is 5. The smallest absolute Gasteiger partial charge is 0.268 e. The lowest BCUT2D eigenvalue weighted by Gasteiger charge is -2.34. The molecule has 3 aromatic rings. The number of amides is 2. The van der Waals surface area contributed by atoms with Crippen LogP contribution in [0.1, 0.15) is 20.8 Å². The third kappa shape index (κ3) is 4.18. The number of carbonyl (C=O) groups is 2. The molecule has 1 atom stereocenters. The van der Waals surface area contributed by atoms with Gasteiger partial charge in [0.25, 0.3) is 5.91 Å². The summed E-state index contributed by atoms with van der Waals surface area (Å²) in [6.07, 6.45) is -0.633. The van der Waals surface area contributed by atoms with Crippen LogP contribution in [0.15, 0.2) is 53.9 Å². The summed E-state index contributed by atoms with van der Waals surface area (Å²) < 4.78 is 5.80. The number of fused-ring (bicyclic) bond motifs is 1. The van der Waals surface area contributed by atoms with E-state index in [9.17, 15) is 9.59 Å². The number of aromatic nitrogens is 1. The zero-order valence-electron chi connectivity index (χ0n) is 17.9. The maximum absolute atomic E-state index is 12.9. The second-order valence-corrected chi connectivity index (χ2v) is 8.20. The Morgan fingerprint density at radius 2 is 1.87 bits per heavy atom. The molecule has 1 unspecified atom stereocenters. The molecule has 6 nitrogen and oxygen atoms in total. The first-order valence-electron chi connectivity index (χ1n) is 10.4. The van der Waals surface area contributed by atoms with Gasteiger partial charge in [-0.15, -0.1) is 11.3 Å². The van der Waals surface area contributed by atoms with Crippen LogP contribution >= 0.6 is 11.3 Å². The summed E-state index contributed by atoms with van der Waals surface area (Å²) in [6, 6.07) is 15.7. The van der Waals surface area contributed by atoms with E-state index in [4.69, 9.17) is 9.72 Å². The number of benzene rings is 2. The number of ether oxygens (including phenoxy) is 1. The molecule has 0 spiro atoms. The summed E-state index contributed by atoms with van der Waals surface area (Å²) in [4.78, 5) is 33.6. The molecule has 0 bridgehead atoms. The topological polar surface area (TPSA) is 62.7 Å². The standard InChI is InChI=1S/C24H25N3O3S/c1-4-26(5-2)22(28)14-27-20-13-18(11-12-21(20)30-16(3)24(27)29)19-15-31-23(25-19)17-9-7-6-8-10-17/h6-13,15-16H,4-5,14H2,1-3H3. The highest BCUT2D eigenvalue weighted by molar-refractivity contribution is 7.13. The van der Waals surface area contributed by atoms with Crippen LogP contribution in [0.2, 0.25) is 0 Å². The molecule has 7 heteroatoms. The Morgan fingerprint density at radius 1 is 1.13 bits per heavy atom. The van der Waals surface area contributed by atoms with Crippen molar-refractivity contribution in [3.8, 4) is 27.6 Å². The van der Waals surface area contributed by atoms with Crippen molar-refractivity contribution in [2.24, 2.45) is 0 Å². The van der Waals surface area contributed by atoms with E-state index < -0.39 is 6.10 Å². The fraction of sp³-hybridized carbons (Fsp3) is 0.292. The Hall–Kier alpha value is -3.19. The third-order valence-electron chi connectivity index (χ3n) is 5.40. The quantitative estimate of drug-likeness (QED) is 0.574. The monoisotopic (exact) mass is 435 g/mol. The second-order valence-electron chi connectivity index (χ2n) is 7.34. The Balaban J connectivity index is 1.67. The number of carbonyl (C=O) groups excluding carboxylic acids is 2. The van der Waals surface area contributed by atoms with E-state index in [0.29, 0.717) is 24.5 Å². The van der Waals surface area contributed by atoms with E-state index in [-0.39, 0.29) is 18.4 Å². The Morgan fingerprint density at radius 3 is 2.58 bits per heavy atom. The maximum atomic E-state index is 12.9. The first-order chi connectivity index (χ1) is 15.0. The highest BCUT2D eigenvalue weighted by Gasteiger charge is 2.33. The lowest BCUT2D eigenvalue weighted by molar-refractivity contribution is -0.132. The van der Waals surface area contributed by atoms with Crippen molar-refractivity contribution >= 4 is 28.8 Å². The Kier molecular flexibility index (Phi) is 6.04. The van der Waals surface area contributed by atoms with Gasteiger partial charge in [-0.25, -0.2) is 4.98 Å². The highest BCUT2D eigenvalue weighted by Crippen LogP contribution is 2.38. The molecule has 0 aliphatic carbocycles. The zero-order valence-corrected chi connectivity index (χ0v) is 18.7. The van der Waals surface area contributed by atoms with E-state index in [1.165, 1.54) is 4.90 Å². The van der Waals surface area contributed by atoms with Crippen LogP contribution in [0.5, 0.6) is 5.75 Å². The molecular formula is C24H25N3O3S. The molecule has 0 saturated carbocycles. The van der Waals surface area contributed by atoms with Gasteiger partial charge in [0, 0.05) is 29.6 Å². The summed E-state index contributed by atoms with van der Waals surface area (Å²) in [6.45, 7) is 6.79. The number of rotatable bonds is 6. The van der Waals surface area contributed by atoms with Gasteiger partial charge in [0.15, 0.2) is 6.10 Å². The van der Waals surface area contributed by atoms with Crippen LogP contribution < -0.4 is 9.64 Å². The fourth-order valence-electron chi connectivity index (χ4n) is 3.66. The minimum Gasteiger partial charge on any atom is -0.479 e. The number of anilines is 1. The van der Waals surface area contributed by atoms with Gasteiger partial charge in [-0.3, -0.25) is 14.5 Å². The average Bonchev–Trinajstić information content (AvgIpc) is 3.28. The zero-order chi connectivity index (χ0) is 22.0. The van der Waals surface area contributed by atoms with E-state index >= 15 is 0 Å². The highest BCUT2D eigenvalue weighted by atomic mass is 32.1. The lowest BCUT2D eigenvalue weighted by atomic mass is 10.1. The van der Waals surface area contributed by atoms with Gasteiger partial charge in [0.2, 0.25) is 5.91 Å². The van der Waals surface area contributed by atoms with Crippen LogP contribution in [0, 0.1) is 0 Å². The number of likely N-dealkylation sites (N-methyl/N-ethyl adjacent to an activating group) is 1. The SMILES string of the molecule is CCN(CC)C(=O)CN1C(=O)C(C)Oc2ccc(-c3csc(-c4ccccc4)n3)cc21. The van der Waals surface area contributed by atoms with Gasteiger partial charge >= 0.3 is 0 Å². The second kappa shape index (κ2) is 8.89. The van der Waals surface area contributed by atoms with Crippen LogP contribution in [-0.2, 0) is 9.59 Å². The Bertz CT molecular complexity index is 1090. The largest absolute Gasteiger partial charge is 0.479 e. The molecule has 0 fully saturated rings. The molecule has 0 saturated heterocycles. The summed E-state index contributed by atoms with van der Waals surface area (Å²) in [5, 5.41) is 2.94. The summed E-state index contributed by atoms with van der Waals surface area (Å²) in [5.74, 6) is 0.305. The Labute approximate surface area is 186 Å². The van der Waals surface area contributed by atoms with Crippen molar-refractivity contribution in [1.82, 2.24) is 9.88 Å². The summed E-state index contributed by atoms with van der Waals surface area (Å²) in [7, 11) is 0. The molecular weight excluding hydrogens is 410 g/mol. The van der Waals surface area contributed by atoms with E-state index in [1.807, 2.05) is 67.8 Å². The molecule has 4 rings (SSSR count). The van der Waals surface area contributed by atoms with Crippen molar-refractivity contribution in [2.75, 3.05) is 24.5 Å². The summed E-state index contributed by atoms with van der Waals surface area (Å²) >= 11 is 1.57. The molecule has 2 aromatic carbocycles. The first-order valence-corrected chi connectivity index (χ1v) is 11.3.